The summed E-state index contributed by atoms with van der Waals surface area (Å²) in [6, 6.07) is 4.18. The normalized spacial score (nSPS) is 17.9. The van der Waals surface area contributed by atoms with Gasteiger partial charge in [-0.1, -0.05) is 11.2 Å². The van der Waals surface area contributed by atoms with E-state index in [1.54, 1.807) is 4.90 Å². The lowest BCUT2D eigenvalue weighted by atomic mass is 9.96. The van der Waals surface area contributed by atoms with Gasteiger partial charge in [-0.25, -0.2) is 4.79 Å². The third-order valence-electron chi connectivity index (χ3n) is 5.35. The lowest BCUT2D eigenvalue weighted by molar-refractivity contribution is -0.137. The molecule has 0 radical (unpaired) electrons. The van der Waals surface area contributed by atoms with Crippen LogP contribution in [0.1, 0.15) is 48.9 Å². The molecule has 0 atom stereocenters. The number of hydrogen-bond acceptors (Lipinski definition) is 5. The molecule has 1 aliphatic heterocycles. The van der Waals surface area contributed by atoms with Crippen LogP contribution in [0, 0.1) is 5.92 Å². The van der Waals surface area contributed by atoms with Crippen molar-refractivity contribution in [2.75, 3.05) is 25.0 Å². The van der Waals surface area contributed by atoms with E-state index < -0.39 is 17.8 Å². The Morgan fingerprint density at radius 2 is 2.00 bits per heavy atom. The summed E-state index contributed by atoms with van der Waals surface area (Å²) >= 11 is 0. The molecule has 0 bridgehead atoms. The van der Waals surface area contributed by atoms with E-state index in [1.807, 2.05) is 0 Å². The SMILES string of the molecule is O=C(Nc1cccc(C(F)(F)F)c1)N1CCC(c2noc(COCC3CC3)n2)CC1. The second-order valence-electron chi connectivity index (χ2n) is 7.77. The zero-order valence-electron chi connectivity index (χ0n) is 16.3. The van der Waals surface area contributed by atoms with Crippen LogP contribution in [0.25, 0.3) is 0 Å². The average molecular weight is 424 g/mol. The molecule has 1 aromatic heterocycles. The predicted octanol–water partition coefficient (Wildman–Crippen LogP) is 4.43. The maximum atomic E-state index is 12.8. The van der Waals surface area contributed by atoms with Crippen LogP contribution in [-0.2, 0) is 17.5 Å². The molecule has 1 aromatic carbocycles. The third-order valence-corrected chi connectivity index (χ3v) is 5.35. The van der Waals surface area contributed by atoms with Crippen LogP contribution in [0.5, 0.6) is 0 Å². The van der Waals surface area contributed by atoms with E-state index >= 15 is 0 Å². The van der Waals surface area contributed by atoms with Crippen molar-refractivity contribution < 1.29 is 27.2 Å². The number of rotatable bonds is 6. The molecule has 2 aromatic rings. The van der Waals surface area contributed by atoms with Gasteiger partial charge >= 0.3 is 12.2 Å². The van der Waals surface area contributed by atoms with Crippen LogP contribution in [0.4, 0.5) is 23.7 Å². The van der Waals surface area contributed by atoms with Crippen molar-refractivity contribution in [3.8, 4) is 0 Å². The number of nitrogens with zero attached hydrogens (tertiary/aromatic N) is 3. The number of amides is 2. The van der Waals surface area contributed by atoms with E-state index in [4.69, 9.17) is 9.26 Å². The number of hydrogen-bond donors (Lipinski definition) is 1. The van der Waals surface area contributed by atoms with Crippen molar-refractivity contribution in [2.24, 2.45) is 5.92 Å². The Morgan fingerprint density at radius 1 is 1.23 bits per heavy atom. The molecule has 10 heteroatoms. The van der Waals surface area contributed by atoms with Crippen LogP contribution >= 0.6 is 0 Å². The van der Waals surface area contributed by atoms with Gasteiger partial charge in [0, 0.05) is 24.7 Å². The van der Waals surface area contributed by atoms with Gasteiger partial charge in [0.05, 0.1) is 12.2 Å². The first-order valence-electron chi connectivity index (χ1n) is 10.0. The monoisotopic (exact) mass is 424 g/mol. The second kappa shape index (κ2) is 8.63. The molecule has 1 saturated heterocycles. The molecule has 1 saturated carbocycles. The van der Waals surface area contributed by atoms with E-state index in [0.29, 0.717) is 50.2 Å². The Morgan fingerprint density at radius 3 is 2.70 bits per heavy atom. The Labute approximate surface area is 171 Å². The van der Waals surface area contributed by atoms with E-state index in [2.05, 4.69) is 15.5 Å². The van der Waals surface area contributed by atoms with Gasteiger partial charge < -0.3 is 19.5 Å². The van der Waals surface area contributed by atoms with Gasteiger partial charge in [0.25, 0.3) is 5.89 Å². The second-order valence-corrected chi connectivity index (χ2v) is 7.77. The number of halogens is 3. The van der Waals surface area contributed by atoms with Crippen molar-refractivity contribution in [2.45, 2.75) is 44.4 Å². The number of anilines is 1. The number of carbonyl (C=O) groups is 1. The number of aromatic nitrogens is 2. The van der Waals surface area contributed by atoms with Gasteiger partial charge in [0.15, 0.2) is 5.82 Å². The van der Waals surface area contributed by atoms with Crippen LogP contribution in [-0.4, -0.2) is 40.8 Å². The first kappa shape index (κ1) is 20.6. The number of piperidine rings is 1. The van der Waals surface area contributed by atoms with Crippen molar-refractivity contribution in [1.29, 1.82) is 0 Å². The Kier molecular flexibility index (Phi) is 5.94. The molecule has 7 nitrogen and oxygen atoms in total. The lowest BCUT2D eigenvalue weighted by Gasteiger charge is -2.30. The zero-order chi connectivity index (χ0) is 21.1. The minimum atomic E-state index is -4.45. The summed E-state index contributed by atoms with van der Waals surface area (Å²) in [5.74, 6) is 1.80. The zero-order valence-corrected chi connectivity index (χ0v) is 16.3. The number of ether oxygens (including phenoxy) is 1. The molecule has 2 fully saturated rings. The van der Waals surface area contributed by atoms with Crippen LogP contribution in [0.3, 0.4) is 0 Å². The molecule has 162 valence electrons. The highest BCUT2D eigenvalue weighted by Gasteiger charge is 2.31. The van der Waals surface area contributed by atoms with E-state index in [0.717, 1.165) is 18.7 Å². The van der Waals surface area contributed by atoms with E-state index in [1.165, 1.54) is 25.0 Å². The van der Waals surface area contributed by atoms with Crippen LogP contribution in [0.2, 0.25) is 0 Å². The maximum absolute atomic E-state index is 12.8. The summed E-state index contributed by atoms with van der Waals surface area (Å²) in [4.78, 5) is 18.4. The molecule has 4 rings (SSSR count). The number of carbonyl (C=O) groups excluding carboxylic acids is 1. The number of likely N-dealkylation sites (tertiary alicyclic amines) is 1. The number of alkyl halides is 3. The highest BCUT2D eigenvalue weighted by molar-refractivity contribution is 5.89. The summed E-state index contributed by atoms with van der Waals surface area (Å²) < 4.78 is 49.3. The smallest absolute Gasteiger partial charge is 0.371 e. The Bertz CT molecular complexity index is 874. The van der Waals surface area contributed by atoms with Crippen molar-refractivity contribution in [3.05, 3.63) is 41.5 Å². The molecule has 2 amide bonds. The summed E-state index contributed by atoms with van der Waals surface area (Å²) in [7, 11) is 0. The van der Waals surface area contributed by atoms with Crippen molar-refractivity contribution in [1.82, 2.24) is 15.0 Å². The standard InChI is InChI=1S/C20H23F3N4O3/c21-20(22,23)15-2-1-3-16(10-15)24-19(28)27-8-6-14(7-9-27)18-25-17(30-26-18)12-29-11-13-4-5-13/h1-3,10,13-14H,4-9,11-12H2,(H,24,28). The molecule has 2 heterocycles. The Balaban J connectivity index is 1.26. The van der Waals surface area contributed by atoms with E-state index in [-0.39, 0.29) is 11.6 Å². The molecular weight excluding hydrogens is 401 g/mol. The highest BCUT2D eigenvalue weighted by Crippen LogP contribution is 2.31. The molecule has 2 aliphatic rings. The summed E-state index contributed by atoms with van der Waals surface area (Å²) in [5, 5.41) is 6.57. The molecule has 0 spiro atoms. The minimum Gasteiger partial charge on any atom is -0.371 e. The van der Waals surface area contributed by atoms with Gasteiger partial charge in [0.2, 0.25) is 0 Å². The topological polar surface area (TPSA) is 80.5 Å². The summed E-state index contributed by atoms with van der Waals surface area (Å²) in [6.45, 7) is 1.94. The van der Waals surface area contributed by atoms with Gasteiger partial charge in [-0.3, -0.25) is 0 Å². The van der Waals surface area contributed by atoms with Gasteiger partial charge in [-0.05, 0) is 49.8 Å². The van der Waals surface area contributed by atoms with Gasteiger partial charge in [-0.15, -0.1) is 0 Å². The minimum absolute atomic E-state index is 0.0727. The average Bonchev–Trinajstić information content (AvgIpc) is 3.43. The van der Waals surface area contributed by atoms with Gasteiger partial charge in [-0.2, -0.15) is 18.2 Å². The first-order valence-corrected chi connectivity index (χ1v) is 10.0. The molecular formula is C20H23F3N4O3. The fraction of sp³-hybridized carbons (Fsp3) is 0.550. The van der Waals surface area contributed by atoms with Crippen molar-refractivity contribution >= 4 is 11.7 Å². The number of nitrogens with one attached hydrogen (secondary N) is 1. The van der Waals surface area contributed by atoms with Crippen LogP contribution in [0.15, 0.2) is 28.8 Å². The molecule has 1 aliphatic carbocycles. The van der Waals surface area contributed by atoms with Crippen molar-refractivity contribution in [3.63, 3.8) is 0 Å². The fourth-order valence-corrected chi connectivity index (χ4v) is 3.41. The number of urea groups is 1. The maximum Gasteiger partial charge on any atom is 0.416 e. The molecule has 30 heavy (non-hydrogen) atoms. The highest BCUT2D eigenvalue weighted by atomic mass is 19.4. The lowest BCUT2D eigenvalue weighted by Crippen LogP contribution is -2.40. The first-order chi connectivity index (χ1) is 14.4. The number of benzene rings is 1. The van der Waals surface area contributed by atoms with Gasteiger partial charge in [0.1, 0.15) is 6.61 Å². The fourth-order valence-electron chi connectivity index (χ4n) is 3.41. The van der Waals surface area contributed by atoms with Crippen LogP contribution < -0.4 is 5.32 Å². The third kappa shape index (κ3) is 5.29. The predicted molar refractivity (Wildman–Crippen MR) is 101 cm³/mol. The van der Waals surface area contributed by atoms with E-state index in [9.17, 15) is 18.0 Å². The molecule has 1 N–H and O–H groups in total. The molecule has 0 unspecified atom stereocenters. The quantitative estimate of drug-likeness (QED) is 0.742. The summed E-state index contributed by atoms with van der Waals surface area (Å²) in [5.41, 5.74) is -0.681. The largest absolute Gasteiger partial charge is 0.416 e. The Hall–Kier alpha value is -2.62. The summed E-state index contributed by atoms with van der Waals surface area (Å²) in [6.07, 6.45) is -0.717.